The van der Waals surface area contributed by atoms with Crippen LogP contribution in [-0.4, -0.2) is 63.2 Å². The topological polar surface area (TPSA) is 66.9 Å². The van der Waals surface area contributed by atoms with Crippen LogP contribution in [0.3, 0.4) is 0 Å². The minimum atomic E-state index is -0.282. The summed E-state index contributed by atoms with van der Waals surface area (Å²) in [6, 6.07) is 6.88. The van der Waals surface area contributed by atoms with E-state index >= 15 is 0 Å². The minimum absolute atomic E-state index is 0.282. The van der Waals surface area contributed by atoms with Crippen molar-refractivity contribution in [2.24, 2.45) is 0 Å². The lowest BCUT2D eigenvalue weighted by atomic mass is 10.2. The average molecular weight is 391 g/mol. The first kappa shape index (κ1) is 19.3. The zero-order valence-corrected chi connectivity index (χ0v) is 16.4. The molecule has 1 amide bonds. The van der Waals surface area contributed by atoms with Crippen molar-refractivity contribution in [2.45, 2.75) is 0 Å². The number of hydrogen-bond donors (Lipinski definition) is 1. The Kier molecular flexibility index (Phi) is 6.03. The van der Waals surface area contributed by atoms with Crippen molar-refractivity contribution in [3.05, 3.63) is 41.0 Å². The SMILES string of the molecule is COc1cc(NC(=O)c2ccc(N3CCN(C)CC3)nc2)c(OC)cc1Cl. The van der Waals surface area contributed by atoms with Crippen molar-refractivity contribution < 1.29 is 14.3 Å². The van der Waals surface area contributed by atoms with Crippen molar-refractivity contribution in [1.29, 1.82) is 0 Å². The highest BCUT2D eigenvalue weighted by atomic mass is 35.5. The Hall–Kier alpha value is -2.51. The van der Waals surface area contributed by atoms with Crippen LogP contribution in [-0.2, 0) is 0 Å². The van der Waals surface area contributed by atoms with E-state index in [2.05, 4.69) is 27.1 Å². The summed E-state index contributed by atoms with van der Waals surface area (Å²) in [7, 11) is 5.14. The molecule has 0 aliphatic carbocycles. The van der Waals surface area contributed by atoms with E-state index in [9.17, 15) is 4.79 Å². The number of methoxy groups -OCH3 is 2. The van der Waals surface area contributed by atoms with Crippen molar-refractivity contribution in [3.8, 4) is 11.5 Å². The average Bonchev–Trinajstić information content (AvgIpc) is 2.69. The Labute approximate surface area is 163 Å². The third-order valence-electron chi connectivity index (χ3n) is 4.56. The number of rotatable bonds is 5. The maximum absolute atomic E-state index is 12.6. The van der Waals surface area contributed by atoms with Crippen LogP contribution in [0.2, 0.25) is 5.02 Å². The van der Waals surface area contributed by atoms with E-state index in [1.807, 2.05) is 6.07 Å². The third kappa shape index (κ3) is 4.43. The van der Waals surface area contributed by atoms with Crippen molar-refractivity contribution in [3.63, 3.8) is 0 Å². The predicted molar refractivity (Wildman–Crippen MR) is 106 cm³/mol. The van der Waals surface area contributed by atoms with E-state index in [-0.39, 0.29) is 5.91 Å². The lowest BCUT2D eigenvalue weighted by Gasteiger charge is -2.33. The van der Waals surface area contributed by atoms with E-state index in [4.69, 9.17) is 21.1 Å². The summed E-state index contributed by atoms with van der Waals surface area (Å²) in [5.41, 5.74) is 0.941. The molecule has 1 saturated heterocycles. The van der Waals surface area contributed by atoms with Gasteiger partial charge in [0.1, 0.15) is 17.3 Å². The summed E-state index contributed by atoms with van der Waals surface area (Å²) < 4.78 is 10.5. The fourth-order valence-corrected chi connectivity index (χ4v) is 3.13. The number of nitrogens with zero attached hydrogens (tertiary/aromatic N) is 3. The van der Waals surface area contributed by atoms with Gasteiger partial charge < -0.3 is 24.6 Å². The highest BCUT2D eigenvalue weighted by Crippen LogP contribution is 2.36. The highest BCUT2D eigenvalue weighted by molar-refractivity contribution is 6.32. The largest absolute Gasteiger partial charge is 0.495 e. The molecule has 1 aliphatic heterocycles. The Balaban J connectivity index is 1.73. The molecule has 7 nitrogen and oxygen atoms in total. The molecular formula is C19H23ClN4O3. The van der Waals surface area contributed by atoms with E-state index < -0.39 is 0 Å². The molecule has 8 heteroatoms. The fourth-order valence-electron chi connectivity index (χ4n) is 2.90. The van der Waals surface area contributed by atoms with Gasteiger partial charge in [-0.2, -0.15) is 0 Å². The summed E-state index contributed by atoms with van der Waals surface area (Å²) in [5.74, 6) is 1.51. The number of aromatic nitrogens is 1. The van der Waals surface area contributed by atoms with Crippen LogP contribution in [0.25, 0.3) is 0 Å². The second-order valence-electron chi connectivity index (χ2n) is 6.34. The Morgan fingerprint density at radius 2 is 1.81 bits per heavy atom. The summed E-state index contributed by atoms with van der Waals surface area (Å²) in [6.07, 6.45) is 1.59. The van der Waals surface area contributed by atoms with Crippen molar-refractivity contribution in [1.82, 2.24) is 9.88 Å². The van der Waals surface area contributed by atoms with E-state index in [1.54, 1.807) is 24.4 Å². The highest BCUT2D eigenvalue weighted by Gasteiger charge is 2.17. The molecule has 0 atom stereocenters. The minimum Gasteiger partial charge on any atom is -0.495 e. The predicted octanol–water partition coefficient (Wildman–Crippen LogP) is 2.76. The number of carbonyl (C=O) groups excluding carboxylic acids is 1. The normalized spacial score (nSPS) is 14.7. The zero-order valence-electron chi connectivity index (χ0n) is 15.7. The molecule has 1 aromatic carbocycles. The number of halogens is 1. The van der Waals surface area contributed by atoms with Gasteiger partial charge in [0, 0.05) is 44.5 Å². The van der Waals surface area contributed by atoms with Crippen LogP contribution in [0.4, 0.5) is 11.5 Å². The first-order valence-electron chi connectivity index (χ1n) is 8.64. The van der Waals surface area contributed by atoms with Gasteiger partial charge in [-0.25, -0.2) is 4.98 Å². The Bertz CT molecular complexity index is 805. The molecule has 1 N–H and O–H groups in total. The number of nitrogens with one attached hydrogen (secondary N) is 1. The van der Waals surface area contributed by atoms with Crippen LogP contribution in [0.1, 0.15) is 10.4 Å². The lowest BCUT2D eigenvalue weighted by Crippen LogP contribution is -2.44. The molecule has 0 unspecified atom stereocenters. The number of hydrogen-bond acceptors (Lipinski definition) is 6. The number of carbonyl (C=O) groups is 1. The summed E-state index contributed by atoms with van der Waals surface area (Å²) >= 11 is 6.10. The molecule has 0 spiro atoms. The third-order valence-corrected chi connectivity index (χ3v) is 4.85. The number of piperazine rings is 1. The Morgan fingerprint density at radius 1 is 1.11 bits per heavy atom. The monoisotopic (exact) mass is 390 g/mol. The molecule has 0 saturated carbocycles. The standard InChI is InChI=1S/C19H23ClN4O3/c1-23-6-8-24(9-7-23)18-5-4-13(12-21-18)19(25)22-15-11-16(26-2)14(20)10-17(15)27-3/h4-5,10-12H,6-9H2,1-3H3,(H,22,25). The molecule has 1 aromatic heterocycles. The summed E-state index contributed by atoms with van der Waals surface area (Å²) in [4.78, 5) is 21.5. The van der Waals surface area contributed by atoms with Crippen LogP contribution in [0.5, 0.6) is 11.5 Å². The van der Waals surface area contributed by atoms with Gasteiger partial charge in [0.15, 0.2) is 0 Å². The molecule has 1 fully saturated rings. The van der Waals surface area contributed by atoms with Gasteiger partial charge in [-0.1, -0.05) is 11.6 Å². The molecule has 27 heavy (non-hydrogen) atoms. The van der Waals surface area contributed by atoms with Crippen molar-refractivity contribution >= 4 is 29.0 Å². The van der Waals surface area contributed by atoms with Gasteiger partial charge in [0.05, 0.1) is 30.5 Å². The number of likely N-dealkylation sites (N-methyl/N-ethyl adjacent to an activating group) is 1. The number of amides is 1. The van der Waals surface area contributed by atoms with E-state index in [1.165, 1.54) is 14.2 Å². The summed E-state index contributed by atoms with van der Waals surface area (Å²) in [5, 5.41) is 3.23. The molecule has 0 radical (unpaired) electrons. The molecule has 0 bridgehead atoms. The number of ether oxygens (including phenoxy) is 2. The van der Waals surface area contributed by atoms with Crippen molar-refractivity contribution in [2.75, 3.05) is 57.7 Å². The van der Waals surface area contributed by atoms with Gasteiger partial charge in [0.25, 0.3) is 5.91 Å². The molecule has 2 heterocycles. The maximum Gasteiger partial charge on any atom is 0.257 e. The quantitative estimate of drug-likeness (QED) is 0.846. The zero-order chi connectivity index (χ0) is 19.4. The van der Waals surface area contributed by atoms with Crippen LogP contribution in [0.15, 0.2) is 30.5 Å². The molecule has 144 valence electrons. The van der Waals surface area contributed by atoms with Gasteiger partial charge >= 0.3 is 0 Å². The van der Waals surface area contributed by atoms with Gasteiger partial charge in [-0.3, -0.25) is 4.79 Å². The fraction of sp³-hybridized carbons (Fsp3) is 0.368. The van der Waals surface area contributed by atoms with Gasteiger partial charge in [0.2, 0.25) is 0 Å². The number of pyridine rings is 1. The van der Waals surface area contributed by atoms with Gasteiger partial charge in [-0.05, 0) is 19.2 Å². The molecule has 1 aliphatic rings. The van der Waals surface area contributed by atoms with Gasteiger partial charge in [-0.15, -0.1) is 0 Å². The summed E-state index contributed by atoms with van der Waals surface area (Å²) in [6.45, 7) is 3.86. The molecule has 3 rings (SSSR count). The van der Waals surface area contributed by atoms with E-state index in [0.29, 0.717) is 27.8 Å². The second-order valence-corrected chi connectivity index (χ2v) is 6.74. The molecule has 2 aromatic rings. The number of anilines is 2. The maximum atomic E-state index is 12.6. The smallest absolute Gasteiger partial charge is 0.257 e. The Morgan fingerprint density at radius 3 is 2.41 bits per heavy atom. The second kappa shape index (κ2) is 8.45. The van der Waals surface area contributed by atoms with Crippen LogP contribution in [0, 0.1) is 0 Å². The number of benzene rings is 1. The van der Waals surface area contributed by atoms with Crippen LogP contribution < -0.4 is 19.7 Å². The molecular weight excluding hydrogens is 368 g/mol. The van der Waals surface area contributed by atoms with E-state index in [0.717, 1.165) is 32.0 Å². The lowest BCUT2D eigenvalue weighted by molar-refractivity contribution is 0.102. The first-order chi connectivity index (χ1) is 13.0. The van der Waals surface area contributed by atoms with Crippen LogP contribution >= 0.6 is 11.6 Å². The first-order valence-corrected chi connectivity index (χ1v) is 9.02.